The summed E-state index contributed by atoms with van der Waals surface area (Å²) in [6.45, 7) is 1.83. The van der Waals surface area contributed by atoms with Crippen LogP contribution in [0, 0.1) is 12.7 Å². The van der Waals surface area contributed by atoms with Gasteiger partial charge in [0.25, 0.3) is 0 Å². The zero-order valence-corrected chi connectivity index (χ0v) is 12.0. The number of benzene rings is 2. The van der Waals surface area contributed by atoms with Crippen LogP contribution in [0.3, 0.4) is 0 Å². The van der Waals surface area contributed by atoms with Crippen molar-refractivity contribution in [2.24, 2.45) is 4.99 Å². The van der Waals surface area contributed by atoms with Gasteiger partial charge < -0.3 is 0 Å². The van der Waals surface area contributed by atoms with Gasteiger partial charge in [0.05, 0.1) is 4.90 Å². The zero-order valence-electron chi connectivity index (χ0n) is 11.2. The van der Waals surface area contributed by atoms with E-state index in [-0.39, 0.29) is 10.5 Å². The highest BCUT2D eigenvalue weighted by Gasteiger charge is 2.28. The van der Waals surface area contributed by atoms with E-state index in [2.05, 4.69) is 4.99 Å². The lowest BCUT2D eigenvalue weighted by atomic mass is 10.2. The summed E-state index contributed by atoms with van der Waals surface area (Å²) in [5, 5.41) is -1.43. The molecule has 0 bridgehead atoms. The second kappa shape index (κ2) is 5.99. The van der Waals surface area contributed by atoms with Crippen molar-refractivity contribution in [2.75, 3.05) is 0 Å². The highest BCUT2D eigenvalue weighted by molar-refractivity contribution is 7.91. The molecule has 6 heteroatoms. The molecule has 2 aromatic rings. The van der Waals surface area contributed by atoms with Crippen molar-refractivity contribution in [1.82, 2.24) is 0 Å². The maximum atomic E-state index is 12.9. The molecular formula is C15H12FNO3S. The van der Waals surface area contributed by atoms with Crippen LogP contribution < -0.4 is 0 Å². The Morgan fingerprint density at radius 1 is 1.05 bits per heavy atom. The van der Waals surface area contributed by atoms with E-state index in [0.717, 1.165) is 17.7 Å². The molecule has 0 heterocycles. The van der Waals surface area contributed by atoms with Crippen LogP contribution >= 0.6 is 0 Å². The summed E-state index contributed by atoms with van der Waals surface area (Å²) < 4.78 is 38.0. The normalized spacial score (nSPS) is 12.5. The third-order valence-corrected chi connectivity index (χ3v) is 4.86. The molecule has 0 N–H and O–H groups in total. The largest absolute Gasteiger partial charge is 0.236 e. The van der Waals surface area contributed by atoms with Crippen molar-refractivity contribution in [3.63, 3.8) is 0 Å². The SMILES string of the molecule is Cc1ccc(S(=O)(=O)C(N=C=O)c2ccc(F)cc2)cc1. The van der Waals surface area contributed by atoms with Crippen molar-refractivity contribution < 1.29 is 17.6 Å². The zero-order chi connectivity index (χ0) is 15.5. The van der Waals surface area contributed by atoms with Crippen molar-refractivity contribution in [3.05, 3.63) is 65.5 Å². The molecule has 0 spiro atoms. The molecule has 108 valence electrons. The van der Waals surface area contributed by atoms with Gasteiger partial charge in [0, 0.05) is 0 Å². The predicted molar refractivity (Wildman–Crippen MR) is 75.6 cm³/mol. The number of hydrogen-bond donors (Lipinski definition) is 0. The molecule has 0 amide bonds. The van der Waals surface area contributed by atoms with Gasteiger partial charge in [0.2, 0.25) is 15.9 Å². The first-order valence-corrected chi connectivity index (χ1v) is 7.63. The van der Waals surface area contributed by atoms with Gasteiger partial charge in [-0.3, -0.25) is 0 Å². The number of carbonyl (C=O) groups excluding carboxylic acids is 1. The van der Waals surface area contributed by atoms with E-state index in [0.29, 0.717) is 0 Å². The third-order valence-electron chi connectivity index (χ3n) is 2.97. The molecule has 0 aliphatic rings. The Bertz CT molecular complexity index is 777. The van der Waals surface area contributed by atoms with Crippen molar-refractivity contribution in [1.29, 1.82) is 0 Å². The van der Waals surface area contributed by atoms with E-state index in [1.807, 2.05) is 6.92 Å². The molecular weight excluding hydrogens is 293 g/mol. The molecule has 2 rings (SSSR count). The summed E-state index contributed by atoms with van der Waals surface area (Å²) in [6, 6.07) is 11.0. The lowest BCUT2D eigenvalue weighted by molar-refractivity contribution is 0.557. The van der Waals surface area contributed by atoms with Crippen molar-refractivity contribution >= 4 is 15.9 Å². The first kappa shape index (κ1) is 15.1. The van der Waals surface area contributed by atoms with Gasteiger partial charge in [-0.15, -0.1) is 0 Å². The second-order valence-corrected chi connectivity index (χ2v) is 6.49. The minimum atomic E-state index is -3.90. The first-order chi connectivity index (χ1) is 9.95. The summed E-state index contributed by atoms with van der Waals surface area (Å²) in [5.74, 6) is -0.500. The molecule has 21 heavy (non-hydrogen) atoms. The van der Waals surface area contributed by atoms with Gasteiger partial charge in [-0.2, -0.15) is 4.99 Å². The van der Waals surface area contributed by atoms with Crippen molar-refractivity contribution in [2.45, 2.75) is 17.2 Å². The summed E-state index contributed by atoms with van der Waals surface area (Å²) in [5.41, 5.74) is 1.12. The summed E-state index contributed by atoms with van der Waals surface area (Å²) in [6.07, 6.45) is 1.27. The van der Waals surface area contributed by atoms with Gasteiger partial charge in [0.1, 0.15) is 5.82 Å². The van der Waals surface area contributed by atoms with E-state index in [4.69, 9.17) is 0 Å². The molecule has 0 aliphatic carbocycles. The van der Waals surface area contributed by atoms with Crippen LogP contribution in [0.1, 0.15) is 16.5 Å². The number of nitrogens with zero attached hydrogens (tertiary/aromatic N) is 1. The number of rotatable bonds is 4. The Morgan fingerprint density at radius 3 is 2.14 bits per heavy atom. The fraction of sp³-hybridized carbons (Fsp3) is 0.133. The topological polar surface area (TPSA) is 63.6 Å². The van der Waals surface area contributed by atoms with Gasteiger partial charge in [0.15, 0.2) is 5.37 Å². The molecule has 1 atom stereocenters. The maximum absolute atomic E-state index is 12.9. The molecule has 0 radical (unpaired) electrons. The van der Waals surface area contributed by atoms with Gasteiger partial charge in [-0.1, -0.05) is 29.8 Å². The standard InChI is InChI=1S/C15H12FNO3S/c1-11-2-8-14(9-3-11)21(19,20)15(17-10-18)12-4-6-13(16)7-5-12/h2-9,15H,1H3. The smallest absolute Gasteiger partial charge is 0.221 e. The van der Waals surface area contributed by atoms with Crippen LogP contribution in [0.2, 0.25) is 0 Å². The van der Waals surface area contributed by atoms with Crippen LogP contribution in [0.5, 0.6) is 0 Å². The number of aryl methyl sites for hydroxylation is 1. The number of aliphatic imine (C=N–C) groups is 1. The Labute approximate surface area is 121 Å². The second-order valence-electron chi connectivity index (χ2n) is 4.48. The monoisotopic (exact) mass is 305 g/mol. The number of hydrogen-bond acceptors (Lipinski definition) is 4. The molecule has 0 saturated carbocycles. The van der Waals surface area contributed by atoms with Gasteiger partial charge in [-0.05, 0) is 36.8 Å². The average Bonchev–Trinajstić information content (AvgIpc) is 2.46. The molecule has 0 aliphatic heterocycles. The lowest BCUT2D eigenvalue weighted by Gasteiger charge is -2.12. The van der Waals surface area contributed by atoms with E-state index in [1.165, 1.54) is 30.3 Å². The highest BCUT2D eigenvalue weighted by atomic mass is 32.2. The Hall–Kier alpha value is -2.30. The Morgan fingerprint density at radius 2 is 1.62 bits per heavy atom. The van der Waals surface area contributed by atoms with Crippen LogP contribution in [-0.4, -0.2) is 14.5 Å². The number of isocyanates is 1. The summed E-state index contributed by atoms with van der Waals surface area (Å²) >= 11 is 0. The van der Waals surface area contributed by atoms with Crippen LogP contribution in [0.4, 0.5) is 4.39 Å². The van der Waals surface area contributed by atoms with Gasteiger partial charge in [-0.25, -0.2) is 17.6 Å². The third kappa shape index (κ3) is 3.24. The van der Waals surface area contributed by atoms with E-state index < -0.39 is 21.0 Å². The van der Waals surface area contributed by atoms with E-state index >= 15 is 0 Å². The molecule has 0 saturated heterocycles. The van der Waals surface area contributed by atoms with Crippen LogP contribution in [0.15, 0.2) is 58.4 Å². The minimum Gasteiger partial charge on any atom is -0.221 e. The highest BCUT2D eigenvalue weighted by Crippen LogP contribution is 2.30. The van der Waals surface area contributed by atoms with E-state index in [9.17, 15) is 17.6 Å². The van der Waals surface area contributed by atoms with Gasteiger partial charge >= 0.3 is 0 Å². The molecule has 0 fully saturated rings. The fourth-order valence-electron chi connectivity index (χ4n) is 1.86. The van der Waals surface area contributed by atoms with Crippen LogP contribution in [0.25, 0.3) is 0 Å². The van der Waals surface area contributed by atoms with E-state index in [1.54, 1.807) is 12.1 Å². The summed E-state index contributed by atoms with van der Waals surface area (Å²) in [4.78, 5) is 14.0. The molecule has 1 unspecified atom stereocenters. The maximum Gasteiger partial charge on any atom is 0.236 e. The molecule has 2 aromatic carbocycles. The first-order valence-electron chi connectivity index (χ1n) is 6.08. The minimum absolute atomic E-state index is 0.0430. The number of sulfone groups is 1. The van der Waals surface area contributed by atoms with Crippen LogP contribution in [-0.2, 0) is 14.6 Å². The molecule has 4 nitrogen and oxygen atoms in total. The quantitative estimate of drug-likeness (QED) is 0.644. The fourth-order valence-corrected chi connectivity index (χ4v) is 3.33. The molecule has 0 aromatic heterocycles. The summed E-state index contributed by atoms with van der Waals surface area (Å²) in [7, 11) is -3.90. The average molecular weight is 305 g/mol. The lowest BCUT2D eigenvalue weighted by Crippen LogP contribution is -2.12. The van der Waals surface area contributed by atoms with Crippen molar-refractivity contribution in [3.8, 4) is 0 Å². The Kier molecular flexibility index (Phi) is 4.31. The number of halogens is 1. The predicted octanol–water partition coefficient (Wildman–Crippen LogP) is 2.94. The Balaban J connectivity index is 2.53.